The van der Waals surface area contributed by atoms with E-state index in [9.17, 15) is 9.59 Å². The lowest BCUT2D eigenvalue weighted by Crippen LogP contribution is -2.10. The van der Waals surface area contributed by atoms with Gasteiger partial charge in [-0.15, -0.1) is 0 Å². The maximum atomic E-state index is 11.2. The Balaban J connectivity index is 2.57. The van der Waals surface area contributed by atoms with Crippen LogP contribution in [0.5, 0.6) is 5.75 Å². The van der Waals surface area contributed by atoms with Crippen molar-refractivity contribution in [3.05, 3.63) is 51.4 Å². The number of aromatic nitrogens is 1. The second-order valence-corrected chi connectivity index (χ2v) is 4.41. The predicted molar refractivity (Wildman–Crippen MR) is 75.6 cm³/mol. The lowest BCUT2D eigenvalue weighted by atomic mass is 10.0. The van der Waals surface area contributed by atoms with E-state index in [4.69, 9.17) is 21.4 Å². The van der Waals surface area contributed by atoms with Crippen molar-refractivity contribution in [2.45, 2.75) is 6.92 Å². The first-order chi connectivity index (χ1) is 9.52. The lowest BCUT2D eigenvalue weighted by Gasteiger charge is -2.10. The molecule has 0 saturated carbocycles. The third-order valence-electron chi connectivity index (χ3n) is 2.70. The number of aromatic amines is 1. The zero-order chi connectivity index (χ0) is 14.7. The van der Waals surface area contributed by atoms with Crippen LogP contribution in [0.3, 0.4) is 0 Å². The number of pyridine rings is 1. The van der Waals surface area contributed by atoms with E-state index in [-0.39, 0.29) is 5.56 Å². The van der Waals surface area contributed by atoms with Crippen molar-refractivity contribution in [1.82, 2.24) is 4.98 Å². The normalized spacial score (nSPS) is 10.3. The van der Waals surface area contributed by atoms with Crippen LogP contribution in [0.1, 0.15) is 17.3 Å². The van der Waals surface area contributed by atoms with Gasteiger partial charge in [-0.25, -0.2) is 4.79 Å². The van der Waals surface area contributed by atoms with Crippen LogP contribution in [0.25, 0.3) is 11.1 Å². The molecule has 0 fully saturated rings. The van der Waals surface area contributed by atoms with Crippen molar-refractivity contribution < 1.29 is 14.6 Å². The molecule has 5 nitrogen and oxygen atoms in total. The van der Waals surface area contributed by atoms with E-state index in [1.807, 2.05) is 6.92 Å². The Bertz CT molecular complexity index is 709. The Kier molecular flexibility index (Phi) is 4.10. The highest BCUT2D eigenvalue weighted by Gasteiger charge is 2.15. The summed E-state index contributed by atoms with van der Waals surface area (Å²) in [5, 5.41) is 9.51. The molecule has 0 unspecified atom stereocenters. The van der Waals surface area contributed by atoms with Crippen molar-refractivity contribution in [2.75, 3.05) is 6.61 Å². The molecule has 0 spiro atoms. The predicted octanol–water partition coefficient (Wildman–Crippen LogP) is 2.79. The number of aromatic carboxylic acids is 1. The van der Waals surface area contributed by atoms with Gasteiger partial charge in [-0.05, 0) is 25.1 Å². The summed E-state index contributed by atoms with van der Waals surface area (Å²) in [6.07, 6.45) is 1.34. The Morgan fingerprint density at radius 1 is 1.35 bits per heavy atom. The number of carboxylic acids is 1. The average Bonchev–Trinajstić information content (AvgIpc) is 2.40. The maximum Gasteiger partial charge on any atom is 0.336 e. The molecule has 6 heteroatoms. The van der Waals surface area contributed by atoms with E-state index >= 15 is 0 Å². The van der Waals surface area contributed by atoms with E-state index in [0.717, 1.165) is 6.07 Å². The zero-order valence-electron chi connectivity index (χ0n) is 10.6. The summed E-state index contributed by atoms with van der Waals surface area (Å²) in [5.74, 6) is -0.585. The second-order valence-electron chi connectivity index (χ2n) is 4.00. The third-order valence-corrected chi connectivity index (χ3v) is 3.01. The number of rotatable bonds is 4. The molecule has 2 aromatic rings. The summed E-state index contributed by atoms with van der Waals surface area (Å²) in [5.41, 5.74) is 0.293. The van der Waals surface area contributed by atoms with Crippen LogP contribution in [0.4, 0.5) is 0 Å². The number of H-pyrrole nitrogens is 1. The van der Waals surface area contributed by atoms with Crippen LogP contribution in [0, 0.1) is 0 Å². The monoisotopic (exact) mass is 293 g/mol. The number of hydrogen-bond acceptors (Lipinski definition) is 3. The average molecular weight is 294 g/mol. The molecule has 104 valence electrons. The largest absolute Gasteiger partial charge is 0.494 e. The molecule has 1 aromatic heterocycles. The third kappa shape index (κ3) is 2.83. The molecule has 2 N–H and O–H groups in total. The maximum absolute atomic E-state index is 11.2. The van der Waals surface area contributed by atoms with Gasteiger partial charge in [-0.2, -0.15) is 0 Å². The van der Waals surface area contributed by atoms with Crippen molar-refractivity contribution in [3.8, 4) is 16.9 Å². The molecule has 0 aliphatic heterocycles. The van der Waals surface area contributed by atoms with Crippen LogP contribution in [0.15, 0.2) is 35.3 Å². The Labute approximate surface area is 119 Å². The first-order valence-corrected chi connectivity index (χ1v) is 6.29. The summed E-state index contributed by atoms with van der Waals surface area (Å²) in [7, 11) is 0. The van der Waals surface area contributed by atoms with Gasteiger partial charge in [-0.3, -0.25) is 4.79 Å². The number of carboxylic acid groups (broad SMARTS) is 1. The quantitative estimate of drug-likeness (QED) is 0.908. The minimum Gasteiger partial charge on any atom is -0.494 e. The number of hydrogen-bond donors (Lipinski definition) is 2. The van der Waals surface area contributed by atoms with Gasteiger partial charge < -0.3 is 14.8 Å². The highest BCUT2D eigenvalue weighted by molar-refractivity contribution is 6.33. The van der Waals surface area contributed by atoms with Crippen molar-refractivity contribution in [3.63, 3.8) is 0 Å². The molecule has 2 rings (SSSR count). The van der Waals surface area contributed by atoms with Crippen LogP contribution < -0.4 is 10.3 Å². The van der Waals surface area contributed by atoms with Gasteiger partial charge in [0.05, 0.1) is 17.2 Å². The Hall–Kier alpha value is -2.27. The number of benzene rings is 1. The van der Waals surface area contributed by atoms with E-state index < -0.39 is 11.5 Å². The van der Waals surface area contributed by atoms with Crippen molar-refractivity contribution in [2.24, 2.45) is 0 Å². The van der Waals surface area contributed by atoms with Gasteiger partial charge in [0.15, 0.2) is 0 Å². The standard InChI is InChI=1S/C14H12ClNO4/c1-2-20-8-3-4-9(12(15)5-8)11-7-16-13(17)6-10(11)14(18)19/h3-7H,2H2,1H3,(H,16,17)(H,18,19). The molecule has 0 radical (unpaired) electrons. The molecule has 1 heterocycles. The first-order valence-electron chi connectivity index (χ1n) is 5.91. The molecule has 0 aliphatic rings. The summed E-state index contributed by atoms with van der Waals surface area (Å²) in [6, 6.07) is 6.00. The molecule has 0 atom stereocenters. The van der Waals surface area contributed by atoms with E-state index in [2.05, 4.69) is 4.98 Å². The topological polar surface area (TPSA) is 79.4 Å². The van der Waals surface area contributed by atoms with Crippen LogP contribution in [0.2, 0.25) is 5.02 Å². The molecule has 1 aromatic carbocycles. The van der Waals surface area contributed by atoms with E-state index in [1.165, 1.54) is 6.20 Å². The lowest BCUT2D eigenvalue weighted by molar-refractivity contribution is 0.0697. The fourth-order valence-corrected chi connectivity index (χ4v) is 2.11. The molecule has 0 amide bonds. The fourth-order valence-electron chi connectivity index (χ4n) is 1.84. The smallest absolute Gasteiger partial charge is 0.336 e. The van der Waals surface area contributed by atoms with Crippen molar-refractivity contribution >= 4 is 17.6 Å². The summed E-state index contributed by atoms with van der Waals surface area (Å²) < 4.78 is 5.32. The van der Waals surface area contributed by atoms with Gasteiger partial charge in [-0.1, -0.05) is 11.6 Å². The van der Waals surface area contributed by atoms with Crippen molar-refractivity contribution in [1.29, 1.82) is 0 Å². The number of ether oxygens (including phenoxy) is 1. The van der Waals surface area contributed by atoms with E-state index in [0.29, 0.717) is 28.5 Å². The molecule has 20 heavy (non-hydrogen) atoms. The summed E-state index contributed by atoms with van der Waals surface area (Å²) in [4.78, 5) is 24.9. The number of carbonyl (C=O) groups is 1. The van der Waals surface area contributed by atoms with Gasteiger partial charge in [0.25, 0.3) is 0 Å². The van der Waals surface area contributed by atoms with Crippen LogP contribution in [-0.4, -0.2) is 22.7 Å². The van der Waals surface area contributed by atoms with E-state index in [1.54, 1.807) is 18.2 Å². The minimum atomic E-state index is -1.18. The molecular formula is C14H12ClNO4. The van der Waals surface area contributed by atoms with Crippen LogP contribution in [-0.2, 0) is 0 Å². The van der Waals surface area contributed by atoms with Gasteiger partial charge >= 0.3 is 5.97 Å². The summed E-state index contributed by atoms with van der Waals surface area (Å²) >= 11 is 6.15. The van der Waals surface area contributed by atoms with Gasteiger partial charge in [0, 0.05) is 23.4 Å². The molecular weight excluding hydrogens is 282 g/mol. The molecule has 0 bridgehead atoms. The fraction of sp³-hybridized carbons (Fsp3) is 0.143. The Morgan fingerprint density at radius 3 is 2.70 bits per heavy atom. The number of halogens is 1. The van der Waals surface area contributed by atoms with Gasteiger partial charge in [0.1, 0.15) is 5.75 Å². The highest BCUT2D eigenvalue weighted by Crippen LogP contribution is 2.32. The first kappa shape index (κ1) is 14.1. The second kappa shape index (κ2) is 5.79. The Morgan fingerprint density at radius 2 is 2.10 bits per heavy atom. The SMILES string of the molecule is CCOc1ccc(-c2c[nH]c(=O)cc2C(=O)O)c(Cl)c1. The zero-order valence-corrected chi connectivity index (χ0v) is 11.4. The molecule has 0 saturated heterocycles. The van der Waals surface area contributed by atoms with Crippen LogP contribution >= 0.6 is 11.6 Å². The highest BCUT2D eigenvalue weighted by atomic mass is 35.5. The van der Waals surface area contributed by atoms with Gasteiger partial charge in [0.2, 0.25) is 5.56 Å². The molecule has 0 aliphatic carbocycles. The summed E-state index contributed by atoms with van der Waals surface area (Å²) in [6.45, 7) is 2.36. The minimum absolute atomic E-state index is 0.0974. The number of nitrogens with one attached hydrogen (secondary N) is 1.